The molecule has 0 radical (unpaired) electrons. The first-order chi connectivity index (χ1) is 9.90. The number of hydrogen-bond donors (Lipinski definition) is 3. The Morgan fingerprint density at radius 2 is 1.90 bits per heavy atom. The summed E-state index contributed by atoms with van der Waals surface area (Å²) in [6.45, 7) is 3.70. The summed E-state index contributed by atoms with van der Waals surface area (Å²) in [4.78, 5) is 10.4. The Labute approximate surface area is 126 Å². The summed E-state index contributed by atoms with van der Waals surface area (Å²) in [7, 11) is 0. The summed E-state index contributed by atoms with van der Waals surface area (Å²) >= 11 is 0. The maximum atomic E-state index is 10.4. The Morgan fingerprint density at radius 1 is 1.24 bits per heavy atom. The fraction of sp³-hybridized carbons (Fsp3) is 0.933. The number of rotatable bonds is 9. The van der Waals surface area contributed by atoms with Gasteiger partial charge in [0.05, 0.1) is 18.3 Å². The fourth-order valence-corrected chi connectivity index (χ4v) is 2.42. The number of aliphatic hydroxyl groups is 2. The number of aliphatic carboxylic acids is 1. The lowest BCUT2D eigenvalue weighted by Crippen LogP contribution is -2.48. The number of carbonyl (C=O) groups is 1. The first-order valence-electron chi connectivity index (χ1n) is 7.79. The summed E-state index contributed by atoms with van der Waals surface area (Å²) in [6, 6.07) is 0. The smallest absolute Gasteiger partial charge is 0.303 e. The molecule has 0 aliphatic carbocycles. The Bertz CT molecular complexity index is 309. The van der Waals surface area contributed by atoms with Crippen LogP contribution < -0.4 is 0 Å². The first kappa shape index (κ1) is 18.4. The van der Waals surface area contributed by atoms with Crippen molar-refractivity contribution in [2.24, 2.45) is 0 Å². The van der Waals surface area contributed by atoms with Crippen LogP contribution >= 0.6 is 0 Å². The number of aliphatic hydroxyl groups excluding tert-OH is 2. The largest absolute Gasteiger partial charge is 0.481 e. The van der Waals surface area contributed by atoms with Crippen LogP contribution in [0.3, 0.4) is 0 Å². The van der Waals surface area contributed by atoms with Gasteiger partial charge in [-0.15, -0.1) is 0 Å². The first-order valence-corrected chi connectivity index (χ1v) is 7.79. The van der Waals surface area contributed by atoms with E-state index in [2.05, 4.69) is 0 Å². The lowest BCUT2D eigenvalue weighted by Gasteiger charge is -2.36. The van der Waals surface area contributed by atoms with Crippen LogP contribution in [0.4, 0.5) is 0 Å². The third kappa shape index (κ3) is 7.22. The van der Waals surface area contributed by atoms with Crippen LogP contribution in [-0.4, -0.2) is 52.0 Å². The molecule has 3 N–H and O–H groups in total. The van der Waals surface area contributed by atoms with Gasteiger partial charge < -0.3 is 24.8 Å². The molecule has 0 aromatic rings. The molecule has 0 saturated carbocycles. The molecule has 0 aromatic heterocycles. The number of carboxylic acid groups (broad SMARTS) is 1. The molecule has 1 aliphatic heterocycles. The van der Waals surface area contributed by atoms with Crippen molar-refractivity contribution in [1.29, 1.82) is 0 Å². The van der Waals surface area contributed by atoms with Crippen molar-refractivity contribution >= 4 is 5.97 Å². The molecule has 5 atom stereocenters. The topological polar surface area (TPSA) is 96.2 Å². The van der Waals surface area contributed by atoms with Crippen LogP contribution in [0.1, 0.15) is 58.8 Å². The van der Waals surface area contributed by atoms with E-state index in [9.17, 15) is 15.0 Å². The van der Waals surface area contributed by atoms with Gasteiger partial charge in [0, 0.05) is 12.8 Å². The second-order valence-corrected chi connectivity index (χ2v) is 5.87. The zero-order valence-corrected chi connectivity index (χ0v) is 12.9. The van der Waals surface area contributed by atoms with Crippen LogP contribution in [0.25, 0.3) is 0 Å². The van der Waals surface area contributed by atoms with E-state index in [-0.39, 0.29) is 25.0 Å². The number of ether oxygens (including phenoxy) is 2. The van der Waals surface area contributed by atoms with Crippen molar-refractivity contribution in [3.8, 4) is 0 Å². The van der Waals surface area contributed by atoms with Gasteiger partial charge in [0.1, 0.15) is 6.10 Å². The minimum atomic E-state index is -0.797. The van der Waals surface area contributed by atoms with Gasteiger partial charge in [0.25, 0.3) is 0 Å². The second-order valence-electron chi connectivity index (χ2n) is 5.87. The standard InChI is InChI=1S/C15H28O6/c1-10(7-5-3-4-6-8-14(18)19)20-15-13(17)9-12(16)11(2)21-15/h10-13,15-17H,3-9H2,1-2H3,(H,18,19)/t10-,11?,12+,13?,15+/m0/s1. The molecule has 0 amide bonds. The lowest BCUT2D eigenvalue weighted by molar-refractivity contribution is -0.273. The molecular weight excluding hydrogens is 276 g/mol. The molecule has 0 aromatic carbocycles. The molecule has 1 saturated heterocycles. The molecule has 6 nitrogen and oxygen atoms in total. The third-order valence-electron chi connectivity index (χ3n) is 3.81. The Balaban J connectivity index is 2.12. The maximum absolute atomic E-state index is 10.4. The van der Waals surface area contributed by atoms with E-state index in [1.807, 2.05) is 6.92 Å². The van der Waals surface area contributed by atoms with E-state index in [1.54, 1.807) is 6.92 Å². The number of carboxylic acids is 1. The predicted molar refractivity (Wildman–Crippen MR) is 76.9 cm³/mol. The van der Waals surface area contributed by atoms with Crippen molar-refractivity contribution in [3.63, 3.8) is 0 Å². The van der Waals surface area contributed by atoms with Crippen molar-refractivity contribution in [3.05, 3.63) is 0 Å². The van der Waals surface area contributed by atoms with Gasteiger partial charge in [-0.05, 0) is 26.7 Å². The minimum Gasteiger partial charge on any atom is -0.481 e. The third-order valence-corrected chi connectivity index (χ3v) is 3.81. The Hall–Kier alpha value is -0.690. The molecule has 1 heterocycles. The van der Waals surface area contributed by atoms with E-state index in [4.69, 9.17) is 14.6 Å². The Kier molecular flexibility index (Phi) is 8.18. The molecule has 1 fully saturated rings. The van der Waals surface area contributed by atoms with Gasteiger partial charge in [-0.25, -0.2) is 0 Å². The molecule has 124 valence electrons. The molecule has 1 aliphatic rings. The zero-order valence-electron chi connectivity index (χ0n) is 12.9. The van der Waals surface area contributed by atoms with Gasteiger partial charge >= 0.3 is 5.97 Å². The van der Waals surface area contributed by atoms with E-state index in [1.165, 1.54) is 0 Å². The average Bonchev–Trinajstić information content (AvgIpc) is 2.39. The average molecular weight is 304 g/mol. The molecule has 6 heteroatoms. The highest BCUT2D eigenvalue weighted by atomic mass is 16.7. The molecule has 0 bridgehead atoms. The monoisotopic (exact) mass is 304 g/mol. The second kappa shape index (κ2) is 9.35. The predicted octanol–water partition coefficient (Wildman–Crippen LogP) is 1.67. The van der Waals surface area contributed by atoms with Crippen LogP contribution in [0.5, 0.6) is 0 Å². The van der Waals surface area contributed by atoms with Gasteiger partial charge in [0.2, 0.25) is 0 Å². The Morgan fingerprint density at radius 3 is 2.57 bits per heavy atom. The van der Waals surface area contributed by atoms with Gasteiger partial charge in [-0.1, -0.05) is 19.3 Å². The number of hydrogen-bond acceptors (Lipinski definition) is 5. The molecular formula is C15H28O6. The van der Waals surface area contributed by atoms with Crippen molar-refractivity contribution in [2.45, 2.75) is 89.5 Å². The SMILES string of the molecule is CC1O[C@@H](O[C@@H](C)CCCCCCC(=O)O)C(O)C[C@H]1O. The van der Waals surface area contributed by atoms with E-state index >= 15 is 0 Å². The quantitative estimate of drug-likeness (QED) is 0.561. The van der Waals surface area contributed by atoms with Crippen molar-refractivity contribution in [2.75, 3.05) is 0 Å². The maximum Gasteiger partial charge on any atom is 0.303 e. The van der Waals surface area contributed by atoms with E-state index in [0.29, 0.717) is 6.42 Å². The molecule has 21 heavy (non-hydrogen) atoms. The summed E-state index contributed by atoms with van der Waals surface area (Å²) in [5, 5.41) is 27.9. The van der Waals surface area contributed by atoms with Gasteiger partial charge in [-0.3, -0.25) is 4.79 Å². The summed E-state index contributed by atoms with van der Waals surface area (Å²) in [5.41, 5.74) is 0. The van der Waals surface area contributed by atoms with Crippen LogP contribution in [0.15, 0.2) is 0 Å². The summed E-state index contributed by atoms with van der Waals surface area (Å²) in [5.74, 6) is -0.744. The number of unbranched alkanes of at least 4 members (excludes halogenated alkanes) is 3. The molecule has 1 rings (SSSR count). The zero-order chi connectivity index (χ0) is 15.8. The highest BCUT2D eigenvalue weighted by Crippen LogP contribution is 2.23. The summed E-state index contributed by atoms with van der Waals surface area (Å²) in [6.07, 6.45) is 2.41. The molecule has 0 spiro atoms. The van der Waals surface area contributed by atoms with E-state index in [0.717, 1.165) is 25.7 Å². The highest BCUT2D eigenvalue weighted by molar-refractivity contribution is 5.66. The minimum absolute atomic E-state index is 0.0356. The lowest BCUT2D eigenvalue weighted by atomic mass is 10.0. The van der Waals surface area contributed by atoms with Crippen LogP contribution in [0, 0.1) is 0 Å². The normalized spacial score (nSPS) is 31.0. The fourth-order valence-electron chi connectivity index (χ4n) is 2.42. The van der Waals surface area contributed by atoms with Crippen molar-refractivity contribution in [1.82, 2.24) is 0 Å². The van der Waals surface area contributed by atoms with Gasteiger partial charge in [-0.2, -0.15) is 0 Å². The van der Waals surface area contributed by atoms with Crippen LogP contribution in [-0.2, 0) is 14.3 Å². The van der Waals surface area contributed by atoms with Gasteiger partial charge in [0.15, 0.2) is 6.29 Å². The van der Waals surface area contributed by atoms with E-state index < -0.39 is 24.5 Å². The summed E-state index contributed by atoms with van der Waals surface area (Å²) < 4.78 is 11.2. The highest BCUT2D eigenvalue weighted by Gasteiger charge is 2.35. The van der Waals surface area contributed by atoms with Crippen molar-refractivity contribution < 1.29 is 29.6 Å². The molecule has 2 unspecified atom stereocenters. The van der Waals surface area contributed by atoms with Crippen LogP contribution in [0.2, 0.25) is 0 Å².